The van der Waals surface area contributed by atoms with E-state index in [1.54, 1.807) is 6.33 Å². The molecule has 2 aromatic rings. The van der Waals surface area contributed by atoms with Crippen LogP contribution in [0.25, 0.3) is 11.0 Å². The number of aromatic nitrogens is 3. The zero-order chi connectivity index (χ0) is 17.1. The van der Waals surface area contributed by atoms with Crippen molar-refractivity contribution < 1.29 is 4.79 Å². The first-order valence-corrected chi connectivity index (χ1v) is 8.38. The SMILES string of the molecule is Cc1ccc2ncnc(N3CCN(CC(=O)NC(C)C)CC3)c2n1. The molecule has 1 aliphatic rings. The summed E-state index contributed by atoms with van der Waals surface area (Å²) in [7, 11) is 0. The highest BCUT2D eigenvalue weighted by atomic mass is 16.2. The summed E-state index contributed by atoms with van der Waals surface area (Å²) >= 11 is 0. The zero-order valence-corrected chi connectivity index (χ0v) is 14.5. The molecule has 0 bridgehead atoms. The zero-order valence-electron chi connectivity index (χ0n) is 14.5. The summed E-state index contributed by atoms with van der Waals surface area (Å²) in [5, 5.41) is 2.94. The normalized spacial score (nSPS) is 15.9. The Kier molecular flexibility index (Phi) is 4.89. The van der Waals surface area contributed by atoms with Crippen molar-refractivity contribution >= 4 is 22.8 Å². The van der Waals surface area contributed by atoms with Gasteiger partial charge in [0, 0.05) is 37.9 Å². The van der Waals surface area contributed by atoms with Crippen LogP contribution in [0.15, 0.2) is 18.5 Å². The fraction of sp³-hybridized carbons (Fsp3) is 0.529. The fourth-order valence-corrected chi connectivity index (χ4v) is 2.94. The summed E-state index contributed by atoms with van der Waals surface area (Å²) in [4.78, 5) is 29.6. The predicted molar refractivity (Wildman–Crippen MR) is 94.0 cm³/mol. The van der Waals surface area contributed by atoms with Gasteiger partial charge in [0.25, 0.3) is 0 Å². The number of rotatable bonds is 4. The highest BCUT2D eigenvalue weighted by Gasteiger charge is 2.22. The van der Waals surface area contributed by atoms with E-state index in [0.717, 1.165) is 48.7 Å². The Bertz CT molecular complexity index is 724. The number of anilines is 1. The average molecular weight is 328 g/mol. The molecule has 1 fully saturated rings. The minimum atomic E-state index is 0.0863. The van der Waals surface area contributed by atoms with E-state index >= 15 is 0 Å². The van der Waals surface area contributed by atoms with Crippen LogP contribution in [-0.4, -0.2) is 64.5 Å². The molecule has 0 aliphatic carbocycles. The first kappa shape index (κ1) is 16.6. The fourth-order valence-electron chi connectivity index (χ4n) is 2.94. The van der Waals surface area contributed by atoms with Gasteiger partial charge in [-0.2, -0.15) is 0 Å². The van der Waals surface area contributed by atoms with Crippen LogP contribution < -0.4 is 10.2 Å². The molecule has 1 aliphatic heterocycles. The minimum absolute atomic E-state index is 0.0863. The molecule has 24 heavy (non-hydrogen) atoms. The predicted octanol–water partition coefficient (Wildman–Crippen LogP) is 0.980. The summed E-state index contributed by atoms with van der Waals surface area (Å²) in [6.45, 7) is 9.71. The van der Waals surface area contributed by atoms with Crippen molar-refractivity contribution in [3.05, 3.63) is 24.2 Å². The van der Waals surface area contributed by atoms with Gasteiger partial charge in [-0.15, -0.1) is 0 Å². The van der Waals surface area contributed by atoms with Crippen LogP contribution in [0.2, 0.25) is 0 Å². The monoisotopic (exact) mass is 328 g/mol. The quantitative estimate of drug-likeness (QED) is 0.902. The lowest BCUT2D eigenvalue weighted by Gasteiger charge is -2.35. The lowest BCUT2D eigenvalue weighted by molar-refractivity contribution is -0.122. The smallest absolute Gasteiger partial charge is 0.234 e. The van der Waals surface area contributed by atoms with E-state index in [4.69, 9.17) is 0 Å². The van der Waals surface area contributed by atoms with Gasteiger partial charge in [-0.3, -0.25) is 9.69 Å². The van der Waals surface area contributed by atoms with E-state index in [9.17, 15) is 4.79 Å². The van der Waals surface area contributed by atoms with E-state index in [1.807, 2.05) is 32.9 Å². The summed E-state index contributed by atoms with van der Waals surface area (Å²) in [5.41, 5.74) is 2.68. The molecule has 0 unspecified atom stereocenters. The number of carbonyl (C=O) groups is 1. The van der Waals surface area contributed by atoms with Crippen LogP contribution in [0.4, 0.5) is 5.82 Å². The Morgan fingerprint density at radius 3 is 2.67 bits per heavy atom. The first-order chi connectivity index (χ1) is 11.5. The van der Waals surface area contributed by atoms with Gasteiger partial charge >= 0.3 is 0 Å². The molecule has 0 aromatic carbocycles. The topological polar surface area (TPSA) is 74.2 Å². The van der Waals surface area contributed by atoms with Gasteiger partial charge in [0.15, 0.2) is 5.82 Å². The van der Waals surface area contributed by atoms with Crippen LogP contribution in [-0.2, 0) is 4.79 Å². The molecule has 0 atom stereocenters. The molecule has 7 heteroatoms. The Labute approximate surface area is 142 Å². The number of fused-ring (bicyclic) bond motifs is 1. The number of amides is 1. The molecular formula is C17H24N6O. The summed E-state index contributed by atoms with van der Waals surface area (Å²) in [5.74, 6) is 0.971. The van der Waals surface area contributed by atoms with Crippen molar-refractivity contribution in [1.29, 1.82) is 0 Å². The average Bonchev–Trinajstić information content (AvgIpc) is 2.54. The number of pyridine rings is 1. The molecule has 0 radical (unpaired) electrons. The van der Waals surface area contributed by atoms with Gasteiger partial charge in [-0.05, 0) is 32.9 Å². The van der Waals surface area contributed by atoms with E-state index < -0.39 is 0 Å². The lowest BCUT2D eigenvalue weighted by Crippen LogP contribution is -2.50. The Hall–Kier alpha value is -2.28. The first-order valence-electron chi connectivity index (χ1n) is 8.38. The third-order valence-corrected chi connectivity index (χ3v) is 4.09. The molecule has 2 aromatic heterocycles. The maximum atomic E-state index is 11.9. The largest absolute Gasteiger partial charge is 0.353 e. The second-order valence-corrected chi connectivity index (χ2v) is 6.50. The number of nitrogens with zero attached hydrogens (tertiary/aromatic N) is 5. The maximum Gasteiger partial charge on any atom is 0.234 e. The Morgan fingerprint density at radius 1 is 1.21 bits per heavy atom. The van der Waals surface area contributed by atoms with Crippen LogP contribution in [0.3, 0.4) is 0 Å². The highest BCUT2D eigenvalue weighted by molar-refractivity contribution is 5.85. The number of hydrogen-bond acceptors (Lipinski definition) is 6. The standard InChI is InChI=1S/C17H24N6O/c1-12(2)20-15(24)10-22-6-8-23(9-7-22)17-16-14(18-11-19-17)5-4-13(3)21-16/h4-5,11-12H,6-10H2,1-3H3,(H,20,24). The maximum absolute atomic E-state index is 11.9. The van der Waals surface area contributed by atoms with E-state index in [-0.39, 0.29) is 11.9 Å². The molecule has 1 N–H and O–H groups in total. The van der Waals surface area contributed by atoms with Crippen molar-refractivity contribution in [3.8, 4) is 0 Å². The summed E-state index contributed by atoms with van der Waals surface area (Å²) < 4.78 is 0. The molecular weight excluding hydrogens is 304 g/mol. The second kappa shape index (κ2) is 7.09. The molecule has 3 rings (SSSR count). The molecule has 128 valence electrons. The number of piperazine rings is 1. The van der Waals surface area contributed by atoms with Crippen molar-refractivity contribution in [2.75, 3.05) is 37.6 Å². The van der Waals surface area contributed by atoms with E-state index in [0.29, 0.717) is 6.54 Å². The third-order valence-electron chi connectivity index (χ3n) is 4.09. The van der Waals surface area contributed by atoms with Gasteiger partial charge in [-0.1, -0.05) is 0 Å². The van der Waals surface area contributed by atoms with Gasteiger partial charge in [0.1, 0.15) is 11.8 Å². The number of hydrogen-bond donors (Lipinski definition) is 1. The van der Waals surface area contributed by atoms with Gasteiger partial charge in [-0.25, -0.2) is 15.0 Å². The number of carbonyl (C=O) groups excluding carboxylic acids is 1. The minimum Gasteiger partial charge on any atom is -0.353 e. The number of nitrogens with one attached hydrogen (secondary N) is 1. The van der Waals surface area contributed by atoms with Crippen molar-refractivity contribution in [3.63, 3.8) is 0 Å². The van der Waals surface area contributed by atoms with Crippen LogP contribution in [0.1, 0.15) is 19.5 Å². The summed E-state index contributed by atoms with van der Waals surface area (Å²) in [6, 6.07) is 4.13. The molecule has 0 spiro atoms. The van der Waals surface area contributed by atoms with E-state index in [2.05, 4.69) is 30.1 Å². The molecule has 3 heterocycles. The second-order valence-electron chi connectivity index (χ2n) is 6.50. The lowest BCUT2D eigenvalue weighted by atomic mass is 10.2. The Morgan fingerprint density at radius 2 is 1.96 bits per heavy atom. The third kappa shape index (κ3) is 3.79. The van der Waals surface area contributed by atoms with Crippen LogP contribution in [0, 0.1) is 6.92 Å². The van der Waals surface area contributed by atoms with E-state index in [1.165, 1.54) is 0 Å². The molecule has 1 saturated heterocycles. The molecule has 7 nitrogen and oxygen atoms in total. The highest BCUT2D eigenvalue weighted by Crippen LogP contribution is 2.22. The molecule has 1 amide bonds. The molecule has 0 saturated carbocycles. The van der Waals surface area contributed by atoms with Crippen molar-refractivity contribution in [1.82, 2.24) is 25.2 Å². The van der Waals surface area contributed by atoms with Gasteiger partial charge in [0.05, 0.1) is 12.1 Å². The van der Waals surface area contributed by atoms with Crippen molar-refractivity contribution in [2.24, 2.45) is 0 Å². The number of aryl methyl sites for hydroxylation is 1. The Balaban J connectivity index is 1.67. The van der Waals surface area contributed by atoms with Crippen LogP contribution >= 0.6 is 0 Å². The van der Waals surface area contributed by atoms with Crippen LogP contribution in [0.5, 0.6) is 0 Å². The van der Waals surface area contributed by atoms with Crippen molar-refractivity contribution in [2.45, 2.75) is 26.8 Å². The van der Waals surface area contributed by atoms with Gasteiger partial charge in [0.2, 0.25) is 5.91 Å². The van der Waals surface area contributed by atoms with Gasteiger partial charge < -0.3 is 10.2 Å². The summed E-state index contributed by atoms with van der Waals surface area (Å²) in [6.07, 6.45) is 1.59.